The summed E-state index contributed by atoms with van der Waals surface area (Å²) in [5, 5.41) is 10.3. The highest BCUT2D eigenvalue weighted by Gasteiger charge is 2.23. The Kier molecular flexibility index (Phi) is 3.91. The predicted molar refractivity (Wildman–Crippen MR) is 64.1 cm³/mol. The molecule has 1 N–H and O–H groups in total. The molecule has 3 nitrogen and oxygen atoms in total. The molecule has 0 saturated carbocycles. The van der Waals surface area contributed by atoms with E-state index in [2.05, 4.69) is 16.8 Å². The van der Waals surface area contributed by atoms with Crippen LogP contribution in [0.1, 0.15) is 37.9 Å². The number of rotatable bonds is 3. The second kappa shape index (κ2) is 5.41. The molecule has 0 amide bonds. The topological polar surface area (TPSA) is 36.4 Å². The number of nitrogens with zero attached hydrogens (tertiary/aromatic N) is 2. The van der Waals surface area contributed by atoms with Crippen molar-refractivity contribution >= 4 is 0 Å². The molecule has 0 spiro atoms. The number of aliphatic hydroxyl groups excluding tert-OH is 1. The normalized spacial score (nSPS) is 21.6. The van der Waals surface area contributed by atoms with Gasteiger partial charge in [0.2, 0.25) is 0 Å². The van der Waals surface area contributed by atoms with Crippen molar-refractivity contribution in [1.82, 2.24) is 9.88 Å². The van der Waals surface area contributed by atoms with Crippen molar-refractivity contribution in [2.45, 2.75) is 38.3 Å². The lowest BCUT2D eigenvalue weighted by molar-refractivity contribution is 0.0470. The van der Waals surface area contributed by atoms with Crippen LogP contribution in [0.4, 0.5) is 0 Å². The van der Waals surface area contributed by atoms with Crippen LogP contribution in [-0.2, 0) is 0 Å². The van der Waals surface area contributed by atoms with Crippen LogP contribution >= 0.6 is 0 Å². The molecule has 0 aromatic carbocycles. The van der Waals surface area contributed by atoms with Crippen LogP contribution in [-0.4, -0.2) is 34.1 Å². The van der Waals surface area contributed by atoms with E-state index < -0.39 is 6.10 Å². The average Bonchev–Trinajstić information content (AvgIpc) is 2.39. The zero-order valence-corrected chi connectivity index (χ0v) is 9.84. The Hall–Kier alpha value is -0.930. The van der Waals surface area contributed by atoms with E-state index in [1.165, 1.54) is 19.3 Å². The first kappa shape index (κ1) is 11.6. The van der Waals surface area contributed by atoms with E-state index >= 15 is 0 Å². The number of likely N-dealkylation sites (tertiary alicyclic amines) is 1. The van der Waals surface area contributed by atoms with Gasteiger partial charge in [0.05, 0.1) is 6.10 Å². The van der Waals surface area contributed by atoms with Crippen LogP contribution in [0.5, 0.6) is 0 Å². The number of hydrogen-bond acceptors (Lipinski definition) is 3. The summed E-state index contributed by atoms with van der Waals surface area (Å²) >= 11 is 0. The van der Waals surface area contributed by atoms with E-state index in [1.54, 1.807) is 12.4 Å². The van der Waals surface area contributed by atoms with Crippen LogP contribution in [0, 0.1) is 0 Å². The monoisotopic (exact) mass is 220 g/mol. The third-order valence-corrected chi connectivity index (χ3v) is 3.47. The fourth-order valence-electron chi connectivity index (χ4n) is 2.36. The van der Waals surface area contributed by atoms with Crippen molar-refractivity contribution in [3.05, 3.63) is 30.1 Å². The van der Waals surface area contributed by atoms with Crippen molar-refractivity contribution in [2.24, 2.45) is 0 Å². The fourth-order valence-corrected chi connectivity index (χ4v) is 2.36. The number of hydrogen-bond donors (Lipinski definition) is 1. The largest absolute Gasteiger partial charge is 0.387 e. The van der Waals surface area contributed by atoms with E-state index in [0.29, 0.717) is 0 Å². The van der Waals surface area contributed by atoms with Crippen LogP contribution < -0.4 is 0 Å². The van der Waals surface area contributed by atoms with Gasteiger partial charge in [-0.2, -0.15) is 0 Å². The van der Waals surface area contributed by atoms with E-state index in [9.17, 15) is 5.11 Å². The Balaban J connectivity index is 2.00. The molecular formula is C13H20N2O. The second-order valence-corrected chi connectivity index (χ2v) is 4.56. The van der Waals surface area contributed by atoms with E-state index in [4.69, 9.17) is 0 Å². The van der Waals surface area contributed by atoms with Crippen molar-refractivity contribution in [2.75, 3.05) is 13.1 Å². The minimum Gasteiger partial charge on any atom is -0.387 e. The maximum Gasteiger partial charge on any atom is 0.0943 e. The van der Waals surface area contributed by atoms with Gasteiger partial charge in [0.25, 0.3) is 0 Å². The van der Waals surface area contributed by atoms with Crippen molar-refractivity contribution < 1.29 is 5.11 Å². The maximum atomic E-state index is 10.3. The lowest BCUT2D eigenvalue weighted by Crippen LogP contribution is -2.40. The molecule has 0 unspecified atom stereocenters. The molecule has 16 heavy (non-hydrogen) atoms. The summed E-state index contributed by atoms with van der Waals surface area (Å²) in [6.07, 6.45) is 6.92. The molecule has 1 aliphatic rings. The molecule has 2 rings (SSSR count). The number of aliphatic hydroxyl groups is 1. The van der Waals surface area contributed by atoms with Gasteiger partial charge in [-0.1, -0.05) is 6.42 Å². The van der Waals surface area contributed by atoms with Crippen molar-refractivity contribution in [1.29, 1.82) is 0 Å². The molecule has 1 aromatic rings. The molecular weight excluding hydrogens is 200 g/mol. The molecule has 0 radical (unpaired) electrons. The lowest BCUT2D eigenvalue weighted by atomic mass is 10.0. The number of pyridine rings is 1. The highest BCUT2D eigenvalue weighted by Crippen LogP contribution is 2.22. The summed E-state index contributed by atoms with van der Waals surface area (Å²) in [7, 11) is 0. The summed E-state index contributed by atoms with van der Waals surface area (Å²) in [6, 6.07) is 3.98. The predicted octanol–water partition coefficient (Wildman–Crippen LogP) is 1.99. The molecule has 1 saturated heterocycles. The summed E-state index contributed by atoms with van der Waals surface area (Å²) in [4.78, 5) is 6.36. The Labute approximate surface area is 97.1 Å². The number of aromatic nitrogens is 1. The Morgan fingerprint density at radius 3 is 2.44 bits per heavy atom. The van der Waals surface area contributed by atoms with Gasteiger partial charge in [0.1, 0.15) is 0 Å². The fraction of sp³-hybridized carbons (Fsp3) is 0.615. The highest BCUT2D eigenvalue weighted by atomic mass is 16.3. The summed E-state index contributed by atoms with van der Waals surface area (Å²) in [5.41, 5.74) is 0.966. The summed E-state index contributed by atoms with van der Waals surface area (Å²) in [6.45, 7) is 4.34. The maximum absolute atomic E-state index is 10.3. The standard InChI is InChI=1S/C13H20N2O/c1-11(15-9-3-2-4-10-15)13(16)12-5-7-14-8-6-12/h5-8,11,13,16H,2-4,9-10H2,1H3/t11-,13+/m1/s1. The van der Waals surface area contributed by atoms with Crippen LogP contribution in [0.15, 0.2) is 24.5 Å². The van der Waals surface area contributed by atoms with Crippen molar-refractivity contribution in [3.63, 3.8) is 0 Å². The van der Waals surface area contributed by atoms with E-state index in [-0.39, 0.29) is 6.04 Å². The first-order chi connectivity index (χ1) is 7.79. The highest BCUT2D eigenvalue weighted by molar-refractivity contribution is 5.14. The number of piperidine rings is 1. The minimum atomic E-state index is -0.402. The third-order valence-electron chi connectivity index (χ3n) is 3.47. The van der Waals surface area contributed by atoms with E-state index in [0.717, 1.165) is 18.7 Å². The van der Waals surface area contributed by atoms with Gasteiger partial charge in [-0.3, -0.25) is 9.88 Å². The SMILES string of the molecule is C[C@H]([C@H](O)c1ccncc1)N1CCCCC1. The van der Waals surface area contributed by atoms with Gasteiger partial charge in [0.15, 0.2) is 0 Å². The molecule has 0 bridgehead atoms. The molecule has 2 heterocycles. The van der Waals surface area contributed by atoms with Gasteiger partial charge in [-0.05, 0) is 50.6 Å². The molecule has 1 fully saturated rings. The molecule has 0 aliphatic carbocycles. The van der Waals surface area contributed by atoms with Gasteiger partial charge in [0, 0.05) is 18.4 Å². The molecule has 1 aliphatic heterocycles. The smallest absolute Gasteiger partial charge is 0.0943 e. The van der Waals surface area contributed by atoms with Crippen LogP contribution in [0.3, 0.4) is 0 Å². The van der Waals surface area contributed by atoms with Crippen LogP contribution in [0.25, 0.3) is 0 Å². The molecule has 3 heteroatoms. The molecule has 2 atom stereocenters. The second-order valence-electron chi connectivity index (χ2n) is 4.56. The quantitative estimate of drug-likeness (QED) is 0.846. The summed E-state index contributed by atoms with van der Waals surface area (Å²) < 4.78 is 0. The Morgan fingerprint density at radius 2 is 1.81 bits per heavy atom. The van der Waals surface area contributed by atoms with Crippen LogP contribution in [0.2, 0.25) is 0 Å². The first-order valence-corrected chi connectivity index (χ1v) is 6.11. The molecule has 88 valence electrons. The third kappa shape index (κ3) is 2.60. The van der Waals surface area contributed by atoms with Gasteiger partial charge in [-0.15, -0.1) is 0 Å². The zero-order valence-electron chi connectivity index (χ0n) is 9.84. The lowest BCUT2D eigenvalue weighted by Gasteiger charge is -2.35. The van der Waals surface area contributed by atoms with Gasteiger partial charge in [-0.25, -0.2) is 0 Å². The zero-order chi connectivity index (χ0) is 11.4. The minimum absolute atomic E-state index is 0.197. The average molecular weight is 220 g/mol. The molecule has 1 aromatic heterocycles. The Morgan fingerprint density at radius 1 is 1.19 bits per heavy atom. The Bertz CT molecular complexity index is 309. The summed E-state index contributed by atoms with van der Waals surface area (Å²) in [5.74, 6) is 0. The van der Waals surface area contributed by atoms with Gasteiger partial charge >= 0.3 is 0 Å². The van der Waals surface area contributed by atoms with Gasteiger partial charge < -0.3 is 5.11 Å². The first-order valence-electron chi connectivity index (χ1n) is 6.11. The van der Waals surface area contributed by atoms with Crippen molar-refractivity contribution in [3.8, 4) is 0 Å². The van der Waals surface area contributed by atoms with E-state index in [1.807, 2.05) is 12.1 Å².